The van der Waals surface area contributed by atoms with Crippen LogP contribution in [0, 0.1) is 0 Å². The molecular formula is C14H19NO2. The molecule has 0 bridgehead atoms. The number of fused-ring (bicyclic) bond motifs is 1. The highest BCUT2D eigenvalue weighted by Gasteiger charge is 2.38. The first kappa shape index (κ1) is 11.1. The molecule has 1 saturated heterocycles. The Bertz CT molecular complexity index is 399. The summed E-state index contributed by atoms with van der Waals surface area (Å²) in [6, 6.07) is 8.25. The van der Waals surface area contributed by atoms with Gasteiger partial charge in [0.15, 0.2) is 0 Å². The third-order valence-corrected chi connectivity index (χ3v) is 4.07. The van der Waals surface area contributed by atoms with Crippen molar-refractivity contribution in [2.75, 3.05) is 19.8 Å². The molecule has 0 saturated carbocycles. The van der Waals surface area contributed by atoms with Crippen molar-refractivity contribution in [3.63, 3.8) is 0 Å². The topological polar surface area (TPSA) is 41.5 Å². The van der Waals surface area contributed by atoms with E-state index in [1.165, 1.54) is 5.56 Å². The number of nitrogens with one attached hydrogen (secondary N) is 1. The zero-order valence-corrected chi connectivity index (χ0v) is 9.98. The first-order chi connectivity index (χ1) is 8.33. The van der Waals surface area contributed by atoms with E-state index < -0.39 is 0 Å². The second-order valence-corrected chi connectivity index (χ2v) is 5.22. The van der Waals surface area contributed by atoms with E-state index >= 15 is 0 Å². The van der Waals surface area contributed by atoms with Gasteiger partial charge in [-0.05, 0) is 31.9 Å². The van der Waals surface area contributed by atoms with Gasteiger partial charge < -0.3 is 15.2 Å². The van der Waals surface area contributed by atoms with Crippen LogP contribution in [0.5, 0.6) is 5.75 Å². The molecule has 2 aliphatic heterocycles. The second kappa shape index (κ2) is 4.31. The van der Waals surface area contributed by atoms with Crippen molar-refractivity contribution >= 4 is 0 Å². The Hall–Kier alpha value is -1.06. The molecule has 0 amide bonds. The third kappa shape index (κ3) is 1.94. The number of hydrogen-bond donors (Lipinski definition) is 2. The minimum absolute atomic E-state index is 0.0779. The molecule has 0 spiro atoms. The van der Waals surface area contributed by atoms with Crippen LogP contribution in [0.15, 0.2) is 24.3 Å². The quantitative estimate of drug-likeness (QED) is 0.834. The fourth-order valence-corrected chi connectivity index (χ4v) is 3.11. The highest BCUT2D eigenvalue weighted by atomic mass is 16.5. The van der Waals surface area contributed by atoms with Gasteiger partial charge in [-0.2, -0.15) is 0 Å². The fraction of sp³-hybridized carbons (Fsp3) is 0.571. The van der Waals surface area contributed by atoms with Crippen molar-refractivity contribution in [2.24, 2.45) is 0 Å². The molecule has 1 fully saturated rings. The van der Waals surface area contributed by atoms with Crippen molar-refractivity contribution in [2.45, 2.75) is 30.7 Å². The summed E-state index contributed by atoms with van der Waals surface area (Å²) in [6.07, 6.45) is 3.21. The van der Waals surface area contributed by atoms with Crippen LogP contribution in [0.1, 0.15) is 30.7 Å². The average molecular weight is 233 g/mol. The van der Waals surface area contributed by atoms with Crippen molar-refractivity contribution in [1.82, 2.24) is 5.32 Å². The molecule has 2 aliphatic rings. The van der Waals surface area contributed by atoms with Gasteiger partial charge in [-0.25, -0.2) is 0 Å². The molecule has 0 aromatic heterocycles. The predicted octanol–water partition coefficient (Wildman–Crippen LogP) is 1.67. The molecule has 1 aromatic carbocycles. The number of ether oxygens (including phenoxy) is 1. The van der Waals surface area contributed by atoms with E-state index in [9.17, 15) is 5.11 Å². The van der Waals surface area contributed by atoms with E-state index in [4.69, 9.17) is 4.74 Å². The molecule has 2 atom stereocenters. The highest BCUT2D eigenvalue weighted by Crippen LogP contribution is 2.39. The molecule has 92 valence electrons. The summed E-state index contributed by atoms with van der Waals surface area (Å²) in [4.78, 5) is 0. The van der Waals surface area contributed by atoms with Crippen LogP contribution < -0.4 is 10.1 Å². The first-order valence-corrected chi connectivity index (χ1v) is 6.41. The van der Waals surface area contributed by atoms with Gasteiger partial charge in [-0.3, -0.25) is 0 Å². The lowest BCUT2D eigenvalue weighted by atomic mass is 9.84. The Kier molecular flexibility index (Phi) is 2.81. The van der Waals surface area contributed by atoms with Crippen molar-refractivity contribution in [3.05, 3.63) is 29.8 Å². The average Bonchev–Trinajstić information content (AvgIpc) is 2.99. The summed E-state index contributed by atoms with van der Waals surface area (Å²) in [5.41, 5.74) is 1.22. The summed E-state index contributed by atoms with van der Waals surface area (Å²) < 4.78 is 5.70. The van der Waals surface area contributed by atoms with Crippen LogP contribution in [0.2, 0.25) is 0 Å². The Balaban J connectivity index is 1.79. The molecule has 3 heteroatoms. The molecule has 2 unspecified atom stereocenters. The number of hydrogen-bond acceptors (Lipinski definition) is 3. The molecule has 0 aliphatic carbocycles. The van der Waals surface area contributed by atoms with Gasteiger partial charge in [-0.15, -0.1) is 0 Å². The van der Waals surface area contributed by atoms with Gasteiger partial charge >= 0.3 is 0 Å². The number of rotatable bonds is 3. The summed E-state index contributed by atoms with van der Waals surface area (Å²) >= 11 is 0. The van der Waals surface area contributed by atoms with E-state index in [0.29, 0.717) is 5.92 Å². The van der Waals surface area contributed by atoms with Crippen LogP contribution in [0.4, 0.5) is 0 Å². The van der Waals surface area contributed by atoms with E-state index in [1.54, 1.807) is 0 Å². The van der Waals surface area contributed by atoms with Crippen molar-refractivity contribution in [1.29, 1.82) is 0 Å². The lowest BCUT2D eigenvalue weighted by Gasteiger charge is -2.29. The predicted molar refractivity (Wildman–Crippen MR) is 66.3 cm³/mol. The number of para-hydroxylation sites is 1. The van der Waals surface area contributed by atoms with Crippen LogP contribution >= 0.6 is 0 Å². The maximum Gasteiger partial charge on any atom is 0.122 e. The number of benzene rings is 1. The Morgan fingerprint density at radius 3 is 3.06 bits per heavy atom. The summed E-state index contributed by atoms with van der Waals surface area (Å²) in [7, 11) is 0. The molecule has 2 heterocycles. The monoisotopic (exact) mass is 233 g/mol. The smallest absolute Gasteiger partial charge is 0.122 e. The van der Waals surface area contributed by atoms with Crippen molar-refractivity contribution in [3.8, 4) is 5.75 Å². The van der Waals surface area contributed by atoms with E-state index in [-0.39, 0.29) is 12.1 Å². The SMILES string of the molecule is OCC1(CC2COc3ccccc32)CCCN1. The van der Waals surface area contributed by atoms with E-state index in [1.807, 2.05) is 12.1 Å². The van der Waals surface area contributed by atoms with Crippen LogP contribution in [-0.4, -0.2) is 30.4 Å². The lowest BCUT2D eigenvalue weighted by molar-refractivity contribution is 0.156. The standard InChI is InChI=1S/C14H19NO2/c16-10-14(6-3-7-15-14)8-11-9-17-13-5-2-1-4-12(11)13/h1-2,4-5,11,15-16H,3,6-10H2. The van der Waals surface area contributed by atoms with Gasteiger partial charge in [0.05, 0.1) is 13.2 Å². The van der Waals surface area contributed by atoms with Crippen molar-refractivity contribution < 1.29 is 9.84 Å². The lowest BCUT2D eigenvalue weighted by Crippen LogP contribution is -2.44. The normalized spacial score (nSPS) is 31.2. The highest BCUT2D eigenvalue weighted by molar-refractivity contribution is 5.39. The maximum absolute atomic E-state index is 9.62. The minimum Gasteiger partial charge on any atom is -0.493 e. The zero-order chi connectivity index (χ0) is 11.7. The Morgan fingerprint density at radius 2 is 2.29 bits per heavy atom. The minimum atomic E-state index is -0.0779. The van der Waals surface area contributed by atoms with Gasteiger partial charge in [0.1, 0.15) is 5.75 Å². The summed E-state index contributed by atoms with van der Waals surface area (Å²) in [5.74, 6) is 1.44. The first-order valence-electron chi connectivity index (χ1n) is 6.41. The largest absolute Gasteiger partial charge is 0.493 e. The summed E-state index contributed by atoms with van der Waals surface area (Å²) in [5, 5.41) is 13.1. The van der Waals surface area contributed by atoms with Crippen LogP contribution in [0.25, 0.3) is 0 Å². The third-order valence-electron chi connectivity index (χ3n) is 4.07. The molecule has 1 aromatic rings. The van der Waals surface area contributed by atoms with Gasteiger partial charge in [0.2, 0.25) is 0 Å². The number of aliphatic hydroxyl groups excluding tert-OH is 1. The van der Waals surface area contributed by atoms with Crippen LogP contribution in [-0.2, 0) is 0 Å². The molecule has 17 heavy (non-hydrogen) atoms. The molecule has 2 N–H and O–H groups in total. The molecule has 3 nitrogen and oxygen atoms in total. The molecular weight excluding hydrogens is 214 g/mol. The number of aliphatic hydroxyl groups is 1. The molecule has 0 radical (unpaired) electrons. The molecule has 3 rings (SSSR count). The Morgan fingerprint density at radius 1 is 1.41 bits per heavy atom. The van der Waals surface area contributed by atoms with Gasteiger partial charge in [0, 0.05) is 17.0 Å². The van der Waals surface area contributed by atoms with E-state index in [2.05, 4.69) is 17.4 Å². The summed E-state index contributed by atoms with van der Waals surface area (Å²) in [6.45, 7) is 2.00. The van der Waals surface area contributed by atoms with Gasteiger partial charge in [0.25, 0.3) is 0 Å². The maximum atomic E-state index is 9.62. The fourth-order valence-electron chi connectivity index (χ4n) is 3.11. The van der Waals surface area contributed by atoms with Crippen LogP contribution in [0.3, 0.4) is 0 Å². The Labute approximate surface area is 102 Å². The van der Waals surface area contributed by atoms with E-state index in [0.717, 1.165) is 38.2 Å². The van der Waals surface area contributed by atoms with Gasteiger partial charge in [-0.1, -0.05) is 18.2 Å². The second-order valence-electron chi connectivity index (χ2n) is 5.22. The zero-order valence-electron chi connectivity index (χ0n) is 9.98.